The molecule has 0 bridgehead atoms. The highest BCUT2D eigenvalue weighted by atomic mass is 32.2. The third kappa shape index (κ3) is 5.17. The zero-order chi connectivity index (χ0) is 21.0. The third-order valence-corrected chi connectivity index (χ3v) is 6.95. The number of thiazole rings is 1. The molecule has 1 amide bonds. The molecule has 2 aromatic carbocycles. The Balaban J connectivity index is 1.28. The normalized spacial score (nSPS) is 12.7. The van der Waals surface area contributed by atoms with Crippen molar-refractivity contribution in [3.05, 3.63) is 59.5 Å². The number of carbonyl (C=O) groups is 1. The van der Waals surface area contributed by atoms with E-state index in [1.54, 1.807) is 12.1 Å². The fourth-order valence-electron chi connectivity index (χ4n) is 3.05. The molecule has 1 aromatic heterocycles. The van der Waals surface area contributed by atoms with Crippen LogP contribution in [0.1, 0.15) is 18.4 Å². The van der Waals surface area contributed by atoms with Crippen LogP contribution in [0.5, 0.6) is 11.5 Å². The maximum absolute atomic E-state index is 12.2. The number of hydrogen-bond donors (Lipinski definition) is 1. The molecule has 7 nitrogen and oxygen atoms in total. The average molecular weight is 445 g/mol. The van der Waals surface area contributed by atoms with Crippen molar-refractivity contribution in [2.45, 2.75) is 18.6 Å². The van der Waals surface area contributed by atoms with Crippen LogP contribution in [0.3, 0.4) is 0 Å². The van der Waals surface area contributed by atoms with Gasteiger partial charge in [0.15, 0.2) is 26.5 Å². The van der Waals surface area contributed by atoms with Gasteiger partial charge >= 0.3 is 0 Å². The van der Waals surface area contributed by atoms with Crippen molar-refractivity contribution >= 4 is 32.2 Å². The quantitative estimate of drug-likeness (QED) is 0.567. The first-order valence-electron chi connectivity index (χ1n) is 9.38. The highest BCUT2D eigenvalue weighted by molar-refractivity contribution is 7.90. The molecule has 3 aromatic rings. The zero-order valence-electron chi connectivity index (χ0n) is 16.0. The van der Waals surface area contributed by atoms with Gasteiger partial charge in [-0.1, -0.05) is 30.3 Å². The number of anilines is 1. The lowest BCUT2D eigenvalue weighted by Crippen LogP contribution is -2.15. The van der Waals surface area contributed by atoms with Gasteiger partial charge in [-0.3, -0.25) is 4.79 Å². The van der Waals surface area contributed by atoms with Gasteiger partial charge in [-0.25, -0.2) is 13.4 Å². The first-order chi connectivity index (χ1) is 14.5. The lowest BCUT2D eigenvalue weighted by Gasteiger charge is -2.05. The Morgan fingerprint density at radius 1 is 1.10 bits per heavy atom. The van der Waals surface area contributed by atoms with E-state index in [1.807, 2.05) is 41.8 Å². The van der Waals surface area contributed by atoms with E-state index in [4.69, 9.17) is 9.47 Å². The molecule has 0 atom stereocenters. The minimum absolute atomic E-state index is 0.0131. The molecule has 1 N–H and O–H groups in total. The van der Waals surface area contributed by atoms with Crippen LogP contribution in [0.25, 0.3) is 11.3 Å². The van der Waals surface area contributed by atoms with Crippen LogP contribution in [0.2, 0.25) is 0 Å². The first-order valence-corrected chi connectivity index (χ1v) is 12.1. The van der Waals surface area contributed by atoms with Crippen LogP contribution >= 0.6 is 11.3 Å². The predicted octanol–water partition coefficient (Wildman–Crippen LogP) is 3.87. The van der Waals surface area contributed by atoms with Gasteiger partial charge < -0.3 is 14.8 Å². The van der Waals surface area contributed by atoms with Gasteiger partial charge in [0, 0.05) is 17.4 Å². The summed E-state index contributed by atoms with van der Waals surface area (Å²) >= 11 is 1.31. The minimum atomic E-state index is -3.26. The van der Waals surface area contributed by atoms with E-state index in [0.717, 1.165) is 16.8 Å². The Morgan fingerprint density at radius 2 is 1.90 bits per heavy atom. The molecule has 1 aliphatic rings. The largest absolute Gasteiger partial charge is 0.454 e. The number of ether oxygens (including phenoxy) is 2. The summed E-state index contributed by atoms with van der Waals surface area (Å²) in [7, 11) is -3.26. The minimum Gasteiger partial charge on any atom is -0.454 e. The molecule has 0 unspecified atom stereocenters. The molecule has 30 heavy (non-hydrogen) atoms. The number of sulfone groups is 1. The summed E-state index contributed by atoms with van der Waals surface area (Å²) in [5.74, 6) is 1.07. The second-order valence-corrected chi connectivity index (χ2v) is 9.88. The molecule has 156 valence electrons. The van der Waals surface area contributed by atoms with E-state index < -0.39 is 9.84 Å². The molecule has 4 rings (SSSR count). The number of benzene rings is 2. The second-order valence-electron chi connectivity index (χ2n) is 6.84. The number of nitrogens with one attached hydrogen (secondary N) is 1. The van der Waals surface area contributed by atoms with Crippen LogP contribution in [0.15, 0.2) is 53.9 Å². The van der Waals surface area contributed by atoms with Crippen LogP contribution < -0.4 is 14.8 Å². The maximum atomic E-state index is 12.2. The Morgan fingerprint density at radius 3 is 2.73 bits per heavy atom. The lowest BCUT2D eigenvalue weighted by atomic mass is 10.1. The molecule has 0 fully saturated rings. The summed E-state index contributed by atoms with van der Waals surface area (Å²) in [5, 5.41) is 5.05. The van der Waals surface area contributed by atoms with Gasteiger partial charge in [-0.15, -0.1) is 11.3 Å². The van der Waals surface area contributed by atoms with Crippen LogP contribution in [-0.2, 0) is 20.4 Å². The van der Waals surface area contributed by atoms with Crippen molar-refractivity contribution in [2.24, 2.45) is 0 Å². The van der Waals surface area contributed by atoms with E-state index in [2.05, 4.69) is 10.3 Å². The highest BCUT2D eigenvalue weighted by Gasteiger charge is 2.16. The lowest BCUT2D eigenvalue weighted by molar-refractivity contribution is -0.116. The van der Waals surface area contributed by atoms with Gasteiger partial charge in [0.25, 0.3) is 0 Å². The summed E-state index contributed by atoms with van der Waals surface area (Å²) in [5.41, 5.74) is 2.34. The smallest absolute Gasteiger partial charge is 0.231 e. The molecular weight excluding hydrogens is 424 g/mol. The fourth-order valence-corrected chi connectivity index (χ4v) is 5.22. The Kier molecular flexibility index (Phi) is 6.01. The Hall–Kier alpha value is -2.91. The van der Waals surface area contributed by atoms with Crippen LogP contribution in [0, 0.1) is 0 Å². The summed E-state index contributed by atoms with van der Waals surface area (Å²) < 4.78 is 35.1. The standard InChI is InChI=1S/C21H20N2O5S2/c24-20(7-4-10-30(25,26)13-15-5-2-1-3-6-15)23-21-22-17(12-29-21)16-8-9-18-19(11-16)28-14-27-18/h1-3,5-6,8-9,11-12H,4,7,10,13-14H2,(H,22,23,24). The summed E-state index contributed by atoms with van der Waals surface area (Å²) in [6.45, 7) is 0.207. The van der Waals surface area contributed by atoms with E-state index in [-0.39, 0.29) is 37.0 Å². The van der Waals surface area contributed by atoms with Crippen molar-refractivity contribution in [1.82, 2.24) is 4.98 Å². The summed E-state index contributed by atoms with van der Waals surface area (Å²) in [6.07, 6.45) is 0.383. The predicted molar refractivity (Wildman–Crippen MR) is 115 cm³/mol. The van der Waals surface area contributed by atoms with Crippen LogP contribution in [0.4, 0.5) is 5.13 Å². The van der Waals surface area contributed by atoms with E-state index in [0.29, 0.717) is 16.6 Å². The van der Waals surface area contributed by atoms with Crippen molar-refractivity contribution in [3.63, 3.8) is 0 Å². The molecular formula is C21H20N2O5S2. The molecule has 2 heterocycles. The van der Waals surface area contributed by atoms with Crippen molar-refractivity contribution in [3.8, 4) is 22.8 Å². The van der Waals surface area contributed by atoms with Crippen molar-refractivity contribution in [2.75, 3.05) is 17.9 Å². The Labute approximate surface area is 178 Å². The van der Waals surface area contributed by atoms with E-state index in [9.17, 15) is 13.2 Å². The molecule has 0 saturated heterocycles. The van der Waals surface area contributed by atoms with Gasteiger partial charge in [0.1, 0.15) is 0 Å². The second kappa shape index (κ2) is 8.85. The number of hydrogen-bond acceptors (Lipinski definition) is 7. The number of amides is 1. The molecule has 0 radical (unpaired) electrons. The molecule has 1 aliphatic heterocycles. The molecule has 9 heteroatoms. The highest BCUT2D eigenvalue weighted by Crippen LogP contribution is 2.36. The topological polar surface area (TPSA) is 94.6 Å². The average Bonchev–Trinajstić information content (AvgIpc) is 3.37. The number of nitrogens with zero attached hydrogens (tertiary/aromatic N) is 1. The fraction of sp³-hybridized carbons (Fsp3) is 0.238. The number of carbonyl (C=O) groups excluding carboxylic acids is 1. The van der Waals surface area contributed by atoms with Crippen molar-refractivity contribution in [1.29, 1.82) is 0 Å². The SMILES string of the molecule is O=C(CCCS(=O)(=O)Cc1ccccc1)Nc1nc(-c2ccc3c(c2)OCO3)cs1. The maximum Gasteiger partial charge on any atom is 0.231 e. The summed E-state index contributed by atoms with van der Waals surface area (Å²) in [4.78, 5) is 16.6. The zero-order valence-corrected chi connectivity index (χ0v) is 17.7. The monoisotopic (exact) mass is 444 g/mol. The van der Waals surface area contributed by atoms with Gasteiger partial charge in [-0.05, 0) is 30.2 Å². The van der Waals surface area contributed by atoms with Crippen LogP contribution in [-0.4, -0.2) is 31.9 Å². The first kappa shape index (κ1) is 20.4. The van der Waals surface area contributed by atoms with Gasteiger partial charge in [-0.2, -0.15) is 0 Å². The van der Waals surface area contributed by atoms with Gasteiger partial charge in [0.05, 0.1) is 17.2 Å². The Bertz CT molecular complexity index is 1140. The summed E-state index contributed by atoms with van der Waals surface area (Å²) in [6, 6.07) is 14.6. The molecule has 0 saturated carbocycles. The van der Waals surface area contributed by atoms with E-state index in [1.165, 1.54) is 11.3 Å². The van der Waals surface area contributed by atoms with Gasteiger partial charge in [0.2, 0.25) is 12.7 Å². The van der Waals surface area contributed by atoms with E-state index >= 15 is 0 Å². The van der Waals surface area contributed by atoms with Crippen molar-refractivity contribution < 1.29 is 22.7 Å². The molecule has 0 spiro atoms. The third-order valence-electron chi connectivity index (χ3n) is 4.51. The number of aromatic nitrogens is 1. The number of fused-ring (bicyclic) bond motifs is 1. The number of rotatable bonds is 8. The molecule has 0 aliphatic carbocycles.